The number of aromatic nitrogens is 3. The highest BCUT2D eigenvalue weighted by molar-refractivity contribution is 6.30. The van der Waals surface area contributed by atoms with Crippen LogP contribution in [0.4, 0.5) is 5.95 Å². The number of amides is 1. The number of anilines is 1. The highest BCUT2D eigenvalue weighted by atomic mass is 35.5. The summed E-state index contributed by atoms with van der Waals surface area (Å²) in [5.41, 5.74) is 3.20. The lowest BCUT2D eigenvalue weighted by Crippen LogP contribution is -2.32. The molecule has 6 nitrogen and oxygen atoms in total. The number of nitrogens with zero attached hydrogens (tertiary/aromatic N) is 5. The van der Waals surface area contributed by atoms with Crippen molar-refractivity contribution in [1.82, 2.24) is 19.9 Å². The molecule has 0 unspecified atom stereocenters. The van der Waals surface area contributed by atoms with Gasteiger partial charge in [-0.25, -0.2) is 9.97 Å². The van der Waals surface area contributed by atoms with Gasteiger partial charge >= 0.3 is 0 Å². The molecule has 0 saturated carbocycles. The van der Waals surface area contributed by atoms with E-state index >= 15 is 0 Å². The summed E-state index contributed by atoms with van der Waals surface area (Å²) >= 11 is 6.07. The molecule has 0 bridgehead atoms. The van der Waals surface area contributed by atoms with Gasteiger partial charge in [0.15, 0.2) is 0 Å². The Kier molecular flexibility index (Phi) is 5.45. The van der Waals surface area contributed by atoms with Crippen molar-refractivity contribution in [2.75, 3.05) is 25.5 Å². The van der Waals surface area contributed by atoms with E-state index in [1.165, 1.54) is 0 Å². The van der Waals surface area contributed by atoms with Crippen molar-refractivity contribution in [3.05, 3.63) is 71.3 Å². The monoisotopic (exact) mass is 407 g/mol. The van der Waals surface area contributed by atoms with E-state index in [-0.39, 0.29) is 11.9 Å². The molecule has 148 valence electrons. The number of likely N-dealkylation sites (tertiary alicyclic amines) is 1. The number of carbonyl (C=O) groups excluding carboxylic acids is 1. The predicted octanol–water partition coefficient (Wildman–Crippen LogP) is 4.24. The van der Waals surface area contributed by atoms with Crippen molar-refractivity contribution < 1.29 is 4.79 Å². The van der Waals surface area contributed by atoms with Gasteiger partial charge in [0.25, 0.3) is 5.91 Å². The Bertz CT molecular complexity index is 1010. The number of hydrogen-bond acceptors (Lipinski definition) is 5. The topological polar surface area (TPSA) is 62.2 Å². The van der Waals surface area contributed by atoms with Crippen LogP contribution in [0.1, 0.15) is 35.1 Å². The quantitative estimate of drug-likeness (QED) is 0.647. The zero-order valence-corrected chi connectivity index (χ0v) is 17.2. The van der Waals surface area contributed by atoms with Gasteiger partial charge < -0.3 is 9.80 Å². The number of hydrogen-bond donors (Lipinski definition) is 0. The second-order valence-corrected chi connectivity index (χ2v) is 7.68. The zero-order valence-electron chi connectivity index (χ0n) is 16.4. The summed E-state index contributed by atoms with van der Waals surface area (Å²) in [7, 11) is 3.82. The van der Waals surface area contributed by atoms with E-state index in [2.05, 4.69) is 9.97 Å². The molecule has 1 atom stereocenters. The largest absolute Gasteiger partial charge is 0.347 e. The van der Waals surface area contributed by atoms with Crippen LogP contribution in [0.5, 0.6) is 0 Å². The Morgan fingerprint density at radius 2 is 1.93 bits per heavy atom. The Hall–Kier alpha value is -2.99. The Labute approximate surface area is 175 Å². The van der Waals surface area contributed by atoms with Crippen molar-refractivity contribution in [1.29, 1.82) is 0 Å². The fourth-order valence-electron chi connectivity index (χ4n) is 3.64. The van der Waals surface area contributed by atoms with Crippen LogP contribution in [-0.4, -0.2) is 46.4 Å². The van der Waals surface area contributed by atoms with Gasteiger partial charge in [-0.2, -0.15) is 0 Å². The number of rotatable bonds is 4. The standard InChI is InChI=1S/C22H22ClN5O/c1-27(2)22-25-14-17(15-8-10-16(23)11-9-15)20(26-22)19-7-5-13-28(19)21(29)18-6-3-4-12-24-18/h3-4,6,8-12,14,19H,5,7,13H2,1-2H3/t19-/m1/s1. The summed E-state index contributed by atoms with van der Waals surface area (Å²) in [4.78, 5) is 30.5. The highest BCUT2D eigenvalue weighted by Crippen LogP contribution is 2.38. The Morgan fingerprint density at radius 1 is 1.14 bits per heavy atom. The minimum absolute atomic E-state index is 0.0693. The van der Waals surface area contributed by atoms with Crippen LogP contribution in [0.25, 0.3) is 11.1 Å². The second-order valence-electron chi connectivity index (χ2n) is 7.24. The first kappa shape index (κ1) is 19.3. The second kappa shape index (κ2) is 8.17. The van der Waals surface area contributed by atoms with Crippen molar-refractivity contribution in [2.45, 2.75) is 18.9 Å². The molecular formula is C22H22ClN5O. The molecule has 1 fully saturated rings. The lowest BCUT2D eigenvalue weighted by Gasteiger charge is -2.26. The van der Waals surface area contributed by atoms with Crippen molar-refractivity contribution in [3.8, 4) is 11.1 Å². The first-order valence-electron chi connectivity index (χ1n) is 9.57. The Morgan fingerprint density at radius 3 is 2.62 bits per heavy atom. The summed E-state index contributed by atoms with van der Waals surface area (Å²) in [5, 5.41) is 0.675. The maximum Gasteiger partial charge on any atom is 0.273 e. The van der Waals surface area contributed by atoms with E-state index in [4.69, 9.17) is 16.6 Å². The lowest BCUT2D eigenvalue weighted by atomic mass is 9.99. The molecule has 0 N–H and O–H groups in total. The third-order valence-corrected chi connectivity index (χ3v) is 5.33. The van der Waals surface area contributed by atoms with Crippen molar-refractivity contribution >= 4 is 23.5 Å². The molecule has 1 aliphatic heterocycles. The van der Waals surface area contributed by atoms with Gasteiger partial charge in [-0.05, 0) is 42.7 Å². The van der Waals surface area contributed by atoms with Crippen LogP contribution < -0.4 is 4.90 Å². The van der Waals surface area contributed by atoms with E-state index < -0.39 is 0 Å². The molecular weight excluding hydrogens is 386 g/mol. The molecule has 3 aromatic rings. The molecule has 1 saturated heterocycles. The van der Waals surface area contributed by atoms with E-state index in [1.54, 1.807) is 12.3 Å². The average molecular weight is 408 g/mol. The molecule has 0 radical (unpaired) electrons. The normalized spacial score (nSPS) is 16.1. The number of carbonyl (C=O) groups is 1. The molecule has 3 heterocycles. The van der Waals surface area contributed by atoms with Crippen molar-refractivity contribution in [2.24, 2.45) is 0 Å². The maximum absolute atomic E-state index is 13.1. The molecule has 29 heavy (non-hydrogen) atoms. The molecule has 2 aromatic heterocycles. The minimum atomic E-state index is -0.128. The summed E-state index contributed by atoms with van der Waals surface area (Å²) < 4.78 is 0. The summed E-state index contributed by atoms with van der Waals surface area (Å²) in [6.07, 6.45) is 5.25. The van der Waals surface area contributed by atoms with Crippen LogP contribution >= 0.6 is 11.6 Å². The molecule has 0 aliphatic carbocycles. The molecule has 1 amide bonds. The SMILES string of the molecule is CN(C)c1ncc(-c2ccc(Cl)cc2)c([C@H]2CCCN2C(=O)c2ccccn2)n1. The predicted molar refractivity (Wildman–Crippen MR) is 114 cm³/mol. The number of pyridine rings is 1. The third-order valence-electron chi connectivity index (χ3n) is 5.07. The fraction of sp³-hybridized carbons (Fsp3) is 0.273. The van der Waals surface area contributed by atoms with Crippen molar-refractivity contribution in [3.63, 3.8) is 0 Å². The van der Waals surface area contributed by atoms with Crippen LogP contribution in [0.2, 0.25) is 5.02 Å². The highest BCUT2D eigenvalue weighted by Gasteiger charge is 2.34. The van der Waals surface area contributed by atoms with Crippen LogP contribution in [0.3, 0.4) is 0 Å². The van der Waals surface area contributed by atoms with Gasteiger partial charge in [-0.3, -0.25) is 9.78 Å². The van der Waals surface area contributed by atoms with E-state index in [9.17, 15) is 4.79 Å². The van der Waals surface area contributed by atoms with E-state index in [1.807, 2.05) is 66.5 Å². The molecule has 7 heteroatoms. The summed E-state index contributed by atoms with van der Waals surface area (Å²) in [5.74, 6) is 0.551. The van der Waals surface area contributed by atoms with Crippen LogP contribution in [0.15, 0.2) is 54.9 Å². The molecule has 1 aliphatic rings. The maximum atomic E-state index is 13.1. The first-order valence-corrected chi connectivity index (χ1v) is 9.94. The lowest BCUT2D eigenvalue weighted by molar-refractivity contribution is 0.0727. The zero-order chi connectivity index (χ0) is 20.4. The third kappa shape index (κ3) is 3.93. The van der Waals surface area contributed by atoms with E-state index in [0.29, 0.717) is 23.2 Å². The number of benzene rings is 1. The Balaban J connectivity index is 1.78. The minimum Gasteiger partial charge on any atom is -0.347 e. The first-order chi connectivity index (χ1) is 14.0. The van der Waals surface area contributed by atoms with Gasteiger partial charge in [0, 0.05) is 43.6 Å². The average Bonchev–Trinajstić information content (AvgIpc) is 3.23. The molecule has 4 rings (SSSR count). The van der Waals surface area contributed by atoms with Gasteiger partial charge in [-0.15, -0.1) is 0 Å². The summed E-state index contributed by atoms with van der Waals surface area (Å²) in [6, 6.07) is 12.9. The smallest absolute Gasteiger partial charge is 0.273 e. The van der Waals surface area contributed by atoms with Gasteiger partial charge in [-0.1, -0.05) is 29.8 Å². The van der Waals surface area contributed by atoms with Crippen LogP contribution in [-0.2, 0) is 0 Å². The fourth-order valence-corrected chi connectivity index (χ4v) is 3.76. The van der Waals surface area contributed by atoms with E-state index in [0.717, 1.165) is 29.7 Å². The number of halogens is 1. The van der Waals surface area contributed by atoms with Gasteiger partial charge in [0.2, 0.25) is 5.95 Å². The molecule has 1 aromatic carbocycles. The molecule has 0 spiro atoms. The van der Waals surface area contributed by atoms with Gasteiger partial charge in [0.1, 0.15) is 5.69 Å². The van der Waals surface area contributed by atoms with Crippen LogP contribution in [0, 0.1) is 0 Å². The summed E-state index contributed by atoms with van der Waals surface area (Å²) in [6.45, 7) is 0.682. The van der Waals surface area contributed by atoms with Gasteiger partial charge in [0.05, 0.1) is 11.7 Å².